The van der Waals surface area contributed by atoms with E-state index in [2.05, 4.69) is 5.32 Å². The molecule has 14 heavy (non-hydrogen) atoms. The van der Waals surface area contributed by atoms with Gasteiger partial charge in [-0.05, 0) is 12.8 Å². The van der Waals surface area contributed by atoms with Gasteiger partial charge in [-0.15, -0.1) is 0 Å². The molecule has 0 aromatic carbocycles. The van der Waals surface area contributed by atoms with Crippen molar-refractivity contribution >= 4 is 9.84 Å². The zero-order valence-electron chi connectivity index (χ0n) is 8.15. The van der Waals surface area contributed by atoms with Crippen LogP contribution in [-0.4, -0.2) is 43.2 Å². The number of hydrogen-bond donors (Lipinski definition) is 2. The van der Waals surface area contributed by atoms with E-state index in [-0.39, 0.29) is 17.5 Å². The molecule has 2 fully saturated rings. The Morgan fingerprint density at radius 3 is 2.29 bits per heavy atom. The molecule has 2 N–H and O–H groups in total. The van der Waals surface area contributed by atoms with E-state index in [1.165, 1.54) is 12.8 Å². The first kappa shape index (κ1) is 10.4. The lowest BCUT2D eigenvalue weighted by atomic mass is 10.1. The average molecular weight is 219 g/mol. The SMILES string of the molecule is O=S1(=O)C[C@H](NC2CCCC2)[C@@H](O)C1. The monoisotopic (exact) mass is 219 g/mol. The summed E-state index contributed by atoms with van der Waals surface area (Å²) < 4.78 is 22.5. The normalized spacial score (nSPS) is 37.8. The van der Waals surface area contributed by atoms with Gasteiger partial charge in [-0.3, -0.25) is 0 Å². The van der Waals surface area contributed by atoms with Gasteiger partial charge in [-0.2, -0.15) is 0 Å². The second kappa shape index (κ2) is 3.79. The van der Waals surface area contributed by atoms with Crippen LogP contribution in [0.3, 0.4) is 0 Å². The van der Waals surface area contributed by atoms with Gasteiger partial charge in [0, 0.05) is 12.1 Å². The van der Waals surface area contributed by atoms with E-state index in [1.807, 2.05) is 0 Å². The molecule has 0 unspecified atom stereocenters. The fourth-order valence-electron chi connectivity index (χ4n) is 2.38. The minimum atomic E-state index is -3.00. The Morgan fingerprint density at radius 1 is 1.14 bits per heavy atom. The number of hydrogen-bond acceptors (Lipinski definition) is 4. The van der Waals surface area contributed by atoms with Crippen LogP contribution in [0, 0.1) is 0 Å². The first-order valence-electron chi connectivity index (χ1n) is 5.21. The molecule has 1 heterocycles. The van der Waals surface area contributed by atoms with Crippen molar-refractivity contribution in [3.05, 3.63) is 0 Å². The van der Waals surface area contributed by atoms with E-state index in [1.54, 1.807) is 0 Å². The average Bonchev–Trinajstić information content (AvgIpc) is 2.61. The van der Waals surface area contributed by atoms with Gasteiger partial charge >= 0.3 is 0 Å². The predicted molar refractivity (Wildman–Crippen MR) is 53.8 cm³/mol. The van der Waals surface area contributed by atoms with Gasteiger partial charge in [0.15, 0.2) is 9.84 Å². The van der Waals surface area contributed by atoms with Crippen LogP contribution in [0.2, 0.25) is 0 Å². The standard InChI is InChI=1S/C9H17NO3S/c11-9-6-14(12,13)5-8(9)10-7-3-1-2-4-7/h7-11H,1-6H2/t8-,9-/m0/s1. The molecule has 0 aromatic heterocycles. The number of nitrogens with one attached hydrogen (secondary N) is 1. The van der Waals surface area contributed by atoms with Crippen molar-refractivity contribution in [2.24, 2.45) is 0 Å². The maximum atomic E-state index is 11.2. The van der Waals surface area contributed by atoms with Crippen LogP contribution in [0.5, 0.6) is 0 Å². The van der Waals surface area contributed by atoms with Crippen LogP contribution in [0.15, 0.2) is 0 Å². The molecule has 2 aliphatic rings. The third-order valence-corrected chi connectivity index (χ3v) is 4.84. The summed E-state index contributed by atoms with van der Waals surface area (Å²) in [5, 5.41) is 12.8. The van der Waals surface area contributed by atoms with Crippen LogP contribution >= 0.6 is 0 Å². The van der Waals surface area contributed by atoms with Crippen molar-refractivity contribution in [3.63, 3.8) is 0 Å². The molecule has 1 saturated heterocycles. The lowest BCUT2D eigenvalue weighted by molar-refractivity contribution is 0.159. The molecule has 5 heteroatoms. The van der Waals surface area contributed by atoms with E-state index >= 15 is 0 Å². The van der Waals surface area contributed by atoms with Crippen LogP contribution in [0.4, 0.5) is 0 Å². The third-order valence-electron chi connectivity index (χ3n) is 3.13. The zero-order valence-corrected chi connectivity index (χ0v) is 8.96. The molecule has 0 aromatic rings. The van der Waals surface area contributed by atoms with Gasteiger partial charge in [0.25, 0.3) is 0 Å². The van der Waals surface area contributed by atoms with Crippen LogP contribution < -0.4 is 5.32 Å². The van der Waals surface area contributed by atoms with Crippen LogP contribution in [0.1, 0.15) is 25.7 Å². The second-order valence-corrected chi connectivity index (χ2v) is 6.55. The first-order valence-corrected chi connectivity index (χ1v) is 7.03. The van der Waals surface area contributed by atoms with Gasteiger partial charge in [-0.1, -0.05) is 12.8 Å². The lowest BCUT2D eigenvalue weighted by Gasteiger charge is -2.19. The summed E-state index contributed by atoms with van der Waals surface area (Å²) >= 11 is 0. The van der Waals surface area contributed by atoms with Gasteiger partial charge in [-0.25, -0.2) is 8.42 Å². The summed E-state index contributed by atoms with van der Waals surface area (Å²) in [4.78, 5) is 0. The molecule has 2 rings (SSSR count). The molecule has 4 nitrogen and oxygen atoms in total. The van der Waals surface area contributed by atoms with E-state index in [9.17, 15) is 13.5 Å². The van der Waals surface area contributed by atoms with E-state index in [0.717, 1.165) is 12.8 Å². The van der Waals surface area contributed by atoms with Crippen LogP contribution in [-0.2, 0) is 9.84 Å². The number of aliphatic hydroxyl groups excluding tert-OH is 1. The minimum Gasteiger partial charge on any atom is -0.390 e. The molecule has 1 aliphatic carbocycles. The summed E-state index contributed by atoms with van der Waals surface area (Å²) in [5.41, 5.74) is 0. The highest BCUT2D eigenvalue weighted by Gasteiger charge is 2.37. The smallest absolute Gasteiger partial charge is 0.154 e. The van der Waals surface area contributed by atoms with Crippen molar-refractivity contribution in [2.45, 2.75) is 43.9 Å². The fraction of sp³-hybridized carbons (Fsp3) is 1.00. The first-order chi connectivity index (χ1) is 6.57. The summed E-state index contributed by atoms with van der Waals surface area (Å²) in [6.45, 7) is 0. The Bertz CT molecular complexity index is 295. The van der Waals surface area contributed by atoms with E-state index in [4.69, 9.17) is 0 Å². The van der Waals surface area contributed by atoms with Crippen molar-refractivity contribution < 1.29 is 13.5 Å². The Morgan fingerprint density at radius 2 is 1.79 bits per heavy atom. The highest BCUT2D eigenvalue weighted by molar-refractivity contribution is 7.91. The summed E-state index contributed by atoms with van der Waals surface area (Å²) in [7, 11) is -3.00. The summed E-state index contributed by atoms with van der Waals surface area (Å²) in [6, 6.07) is 0.186. The molecule has 0 radical (unpaired) electrons. The maximum Gasteiger partial charge on any atom is 0.154 e. The quantitative estimate of drug-likeness (QED) is 0.668. The molecular weight excluding hydrogens is 202 g/mol. The summed E-state index contributed by atoms with van der Waals surface area (Å²) in [6.07, 6.45) is 3.95. The second-order valence-electron chi connectivity index (χ2n) is 4.40. The summed E-state index contributed by atoms with van der Waals surface area (Å²) in [5.74, 6) is 0.0298. The number of rotatable bonds is 2. The number of sulfone groups is 1. The van der Waals surface area contributed by atoms with Crippen molar-refractivity contribution in [1.29, 1.82) is 0 Å². The van der Waals surface area contributed by atoms with Crippen molar-refractivity contribution in [3.8, 4) is 0 Å². The molecule has 0 amide bonds. The molecular formula is C9H17NO3S. The van der Waals surface area contributed by atoms with Crippen LogP contribution in [0.25, 0.3) is 0 Å². The fourth-order valence-corrected chi connectivity index (χ4v) is 4.14. The maximum absolute atomic E-state index is 11.2. The minimum absolute atomic E-state index is 0.0720. The lowest BCUT2D eigenvalue weighted by Crippen LogP contribution is -2.43. The Kier molecular flexibility index (Phi) is 2.81. The molecule has 0 spiro atoms. The molecule has 0 bridgehead atoms. The highest BCUT2D eigenvalue weighted by Crippen LogP contribution is 2.21. The molecule has 2 atom stereocenters. The van der Waals surface area contributed by atoms with Gasteiger partial charge in [0.2, 0.25) is 0 Å². The largest absolute Gasteiger partial charge is 0.390 e. The van der Waals surface area contributed by atoms with E-state index < -0.39 is 15.9 Å². The van der Waals surface area contributed by atoms with Gasteiger partial charge < -0.3 is 10.4 Å². The van der Waals surface area contributed by atoms with Crippen molar-refractivity contribution in [2.75, 3.05) is 11.5 Å². The van der Waals surface area contributed by atoms with Crippen molar-refractivity contribution in [1.82, 2.24) is 5.32 Å². The van der Waals surface area contributed by atoms with E-state index in [0.29, 0.717) is 6.04 Å². The van der Waals surface area contributed by atoms with Gasteiger partial charge in [0.1, 0.15) is 0 Å². The number of aliphatic hydroxyl groups is 1. The Balaban J connectivity index is 1.92. The Labute approximate surface area is 84.6 Å². The topological polar surface area (TPSA) is 66.4 Å². The molecule has 82 valence electrons. The predicted octanol–water partition coefficient (Wildman–Crippen LogP) is -0.324. The van der Waals surface area contributed by atoms with Gasteiger partial charge in [0.05, 0.1) is 17.6 Å². The Hall–Kier alpha value is -0.130. The highest BCUT2D eigenvalue weighted by atomic mass is 32.2. The molecule has 1 aliphatic heterocycles. The zero-order chi connectivity index (χ0) is 10.2. The third kappa shape index (κ3) is 2.27. The molecule has 1 saturated carbocycles.